The first-order chi connectivity index (χ1) is 6.33. The van der Waals surface area contributed by atoms with E-state index in [0.717, 1.165) is 38.5 Å². The zero-order valence-electron chi connectivity index (χ0n) is 8.12. The van der Waals surface area contributed by atoms with E-state index in [9.17, 15) is 4.79 Å². The van der Waals surface area contributed by atoms with E-state index in [1.165, 1.54) is 6.61 Å². The van der Waals surface area contributed by atoms with Crippen LogP contribution in [-0.4, -0.2) is 12.3 Å². The molecule has 0 bridgehead atoms. The Kier molecular flexibility index (Phi) is 4.65. The van der Waals surface area contributed by atoms with Crippen molar-refractivity contribution in [3.63, 3.8) is 0 Å². The summed E-state index contributed by atoms with van der Waals surface area (Å²) in [5, 5.41) is 0. The average molecular weight is 185 g/mol. The van der Waals surface area contributed by atoms with Crippen molar-refractivity contribution in [1.29, 1.82) is 0 Å². The fraction of sp³-hybridized carbons (Fsp3) is 0.800. The van der Waals surface area contributed by atoms with Crippen LogP contribution in [0.4, 0.5) is 4.79 Å². The van der Waals surface area contributed by atoms with E-state index in [4.69, 9.17) is 9.47 Å². The van der Waals surface area contributed by atoms with E-state index in [0.29, 0.717) is 0 Å². The van der Waals surface area contributed by atoms with Crippen molar-refractivity contribution in [3.05, 3.63) is 6.61 Å². The van der Waals surface area contributed by atoms with E-state index in [1.807, 2.05) is 6.92 Å². The second kappa shape index (κ2) is 5.84. The van der Waals surface area contributed by atoms with Crippen LogP contribution >= 0.6 is 0 Å². The van der Waals surface area contributed by atoms with E-state index < -0.39 is 6.16 Å². The highest BCUT2D eigenvalue weighted by Gasteiger charge is 2.19. The number of carbonyl (C=O) groups excluding carboxylic acids is 1. The monoisotopic (exact) mass is 185 g/mol. The molecule has 1 aliphatic rings. The first kappa shape index (κ1) is 10.4. The van der Waals surface area contributed by atoms with Crippen molar-refractivity contribution >= 4 is 6.16 Å². The van der Waals surface area contributed by atoms with Gasteiger partial charge in [0.15, 0.2) is 0 Å². The van der Waals surface area contributed by atoms with Gasteiger partial charge in [-0.2, -0.15) is 0 Å². The molecule has 0 N–H and O–H groups in total. The lowest BCUT2D eigenvalue weighted by molar-refractivity contribution is 0.0394. The molecule has 13 heavy (non-hydrogen) atoms. The Morgan fingerprint density at radius 3 is 2.77 bits per heavy atom. The Morgan fingerprint density at radius 2 is 2.15 bits per heavy atom. The van der Waals surface area contributed by atoms with E-state index >= 15 is 0 Å². The van der Waals surface area contributed by atoms with Crippen LogP contribution in [0, 0.1) is 6.61 Å². The van der Waals surface area contributed by atoms with Crippen LogP contribution in [0.25, 0.3) is 0 Å². The minimum atomic E-state index is -0.541. The van der Waals surface area contributed by atoms with Gasteiger partial charge in [-0.25, -0.2) is 4.79 Å². The van der Waals surface area contributed by atoms with Crippen LogP contribution in [0.3, 0.4) is 0 Å². The summed E-state index contributed by atoms with van der Waals surface area (Å²) in [4.78, 5) is 11.0. The largest absolute Gasteiger partial charge is 0.508 e. The predicted molar refractivity (Wildman–Crippen MR) is 49.0 cm³/mol. The molecule has 0 aromatic heterocycles. The van der Waals surface area contributed by atoms with E-state index in [2.05, 4.69) is 0 Å². The number of hydrogen-bond donors (Lipinski definition) is 0. The second-order valence-electron chi connectivity index (χ2n) is 3.35. The summed E-state index contributed by atoms with van der Waals surface area (Å²) >= 11 is 0. The number of ether oxygens (including phenoxy) is 2. The van der Waals surface area contributed by atoms with Gasteiger partial charge >= 0.3 is 6.16 Å². The quantitative estimate of drug-likeness (QED) is 0.499. The molecule has 0 saturated heterocycles. The van der Waals surface area contributed by atoms with Crippen LogP contribution in [-0.2, 0) is 9.47 Å². The Balaban J connectivity index is 2.02. The van der Waals surface area contributed by atoms with Gasteiger partial charge in [-0.05, 0) is 32.1 Å². The van der Waals surface area contributed by atoms with Crippen molar-refractivity contribution < 1.29 is 14.3 Å². The molecule has 0 atom stereocenters. The van der Waals surface area contributed by atoms with Gasteiger partial charge in [0.1, 0.15) is 12.7 Å². The van der Waals surface area contributed by atoms with Gasteiger partial charge in [-0.15, -0.1) is 0 Å². The summed E-state index contributed by atoms with van der Waals surface area (Å²) in [6.45, 7) is 3.54. The fourth-order valence-electron chi connectivity index (χ4n) is 1.41. The minimum Gasteiger partial charge on any atom is -0.431 e. The summed E-state index contributed by atoms with van der Waals surface area (Å²) in [5.74, 6) is 0. The zero-order chi connectivity index (χ0) is 9.52. The molecule has 1 saturated carbocycles. The summed E-state index contributed by atoms with van der Waals surface area (Å²) in [7, 11) is 0. The SMILES string of the molecule is CCC[CH]OC(=O)OC1CCCC1. The molecule has 0 amide bonds. The number of carbonyl (C=O) groups is 1. The number of hydrogen-bond acceptors (Lipinski definition) is 3. The zero-order valence-corrected chi connectivity index (χ0v) is 8.12. The van der Waals surface area contributed by atoms with Crippen molar-refractivity contribution in [1.82, 2.24) is 0 Å². The lowest BCUT2D eigenvalue weighted by Crippen LogP contribution is -2.14. The second-order valence-corrected chi connectivity index (χ2v) is 3.35. The smallest absolute Gasteiger partial charge is 0.431 e. The minimum absolute atomic E-state index is 0.0996. The summed E-state index contributed by atoms with van der Waals surface area (Å²) < 4.78 is 9.82. The molecular formula is C10H17O3. The van der Waals surface area contributed by atoms with Gasteiger partial charge in [0.25, 0.3) is 0 Å². The summed E-state index contributed by atoms with van der Waals surface area (Å²) in [6.07, 6.45) is 5.64. The normalized spacial score (nSPS) is 17.3. The topological polar surface area (TPSA) is 35.5 Å². The first-order valence-corrected chi connectivity index (χ1v) is 5.02. The van der Waals surface area contributed by atoms with Crippen molar-refractivity contribution in [2.45, 2.75) is 51.6 Å². The maximum absolute atomic E-state index is 11.0. The number of unbranched alkanes of at least 4 members (excludes halogenated alkanes) is 1. The Labute approximate surface area is 79.4 Å². The van der Waals surface area contributed by atoms with Gasteiger partial charge in [-0.1, -0.05) is 13.3 Å². The highest BCUT2D eigenvalue weighted by Crippen LogP contribution is 2.21. The fourth-order valence-corrected chi connectivity index (χ4v) is 1.41. The molecule has 75 valence electrons. The molecule has 0 spiro atoms. The molecule has 1 radical (unpaired) electrons. The summed E-state index contributed by atoms with van der Waals surface area (Å²) in [6, 6.07) is 0. The average Bonchev–Trinajstić information content (AvgIpc) is 2.57. The van der Waals surface area contributed by atoms with Crippen LogP contribution in [0.2, 0.25) is 0 Å². The molecule has 0 aromatic carbocycles. The highest BCUT2D eigenvalue weighted by molar-refractivity contribution is 5.60. The third-order valence-electron chi connectivity index (χ3n) is 2.15. The number of rotatable bonds is 4. The highest BCUT2D eigenvalue weighted by atomic mass is 16.7. The molecule has 1 fully saturated rings. The first-order valence-electron chi connectivity index (χ1n) is 5.02. The lowest BCUT2D eigenvalue weighted by atomic mass is 10.3. The Hall–Kier alpha value is -0.730. The molecule has 1 aliphatic carbocycles. The molecule has 0 heterocycles. The van der Waals surface area contributed by atoms with Crippen molar-refractivity contribution in [2.75, 3.05) is 0 Å². The van der Waals surface area contributed by atoms with E-state index in [1.54, 1.807) is 0 Å². The Bertz CT molecular complexity index is 150. The van der Waals surface area contributed by atoms with E-state index in [-0.39, 0.29) is 6.10 Å². The van der Waals surface area contributed by atoms with Gasteiger partial charge in [-0.3, -0.25) is 0 Å². The Morgan fingerprint density at radius 1 is 1.46 bits per heavy atom. The third kappa shape index (κ3) is 4.15. The molecule has 0 unspecified atom stereocenters. The van der Waals surface area contributed by atoms with Crippen LogP contribution in [0.1, 0.15) is 45.4 Å². The van der Waals surface area contributed by atoms with Crippen molar-refractivity contribution in [2.24, 2.45) is 0 Å². The molecule has 3 nitrogen and oxygen atoms in total. The standard InChI is InChI=1S/C10H17O3/c1-2-3-8-12-10(11)13-9-6-4-5-7-9/h8-9H,2-7H2,1H3. The maximum atomic E-state index is 11.0. The van der Waals surface area contributed by atoms with Crippen LogP contribution < -0.4 is 0 Å². The molecule has 0 aromatic rings. The van der Waals surface area contributed by atoms with Gasteiger partial charge in [0.05, 0.1) is 0 Å². The maximum Gasteiger partial charge on any atom is 0.508 e. The molecule has 3 heteroatoms. The van der Waals surface area contributed by atoms with Gasteiger partial charge in [0, 0.05) is 0 Å². The predicted octanol–water partition coefficient (Wildman–Crippen LogP) is 3.04. The van der Waals surface area contributed by atoms with Crippen molar-refractivity contribution in [3.8, 4) is 0 Å². The molecule has 1 rings (SSSR count). The molecule has 0 aliphatic heterocycles. The van der Waals surface area contributed by atoms with Crippen LogP contribution in [0.15, 0.2) is 0 Å². The summed E-state index contributed by atoms with van der Waals surface area (Å²) in [5.41, 5.74) is 0. The third-order valence-corrected chi connectivity index (χ3v) is 2.15. The van der Waals surface area contributed by atoms with Gasteiger partial charge < -0.3 is 9.47 Å². The van der Waals surface area contributed by atoms with Crippen LogP contribution in [0.5, 0.6) is 0 Å². The lowest BCUT2D eigenvalue weighted by Gasteiger charge is -2.10. The molecular weight excluding hydrogens is 168 g/mol. The van der Waals surface area contributed by atoms with Gasteiger partial charge in [0.2, 0.25) is 0 Å².